The first-order chi connectivity index (χ1) is 5.70. The van der Waals surface area contributed by atoms with Crippen molar-refractivity contribution in [3.63, 3.8) is 0 Å². The Hall–Kier alpha value is 0.200. The van der Waals surface area contributed by atoms with Gasteiger partial charge in [-0.15, -0.1) is 11.3 Å². The van der Waals surface area contributed by atoms with Crippen LogP contribution in [0.2, 0.25) is 5.02 Å². The minimum Gasteiger partial charge on any atom is -0.142 e. The highest BCUT2D eigenvalue weighted by Gasteiger charge is 2.06. The van der Waals surface area contributed by atoms with Crippen molar-refractivity contribution in [2.45, 2.75) is 6.92 Å². The van der Waals surface area contributed by atoms with Gasteiger partial charge in [-0.1, -0.05) is 17.7 Å². The molecule has 0 unspecified atom stereocenters. The summed E-state index contributed by atoms with van der Waals surface area (Å²) in [6.45, 7) is 2.11. The van der Waals surface area contributed by atoms with Gasteiger partial charge >= 0.3 is 0 Å². The molecular weight excluding hydrogens is 303 g/mol. The molecule has 0 atom stereocenters. The van der Waals surface area contributed by atoms with Crippen LogP contribution in [-0.2, 0) is 0 Å². The molecule has 1 aromatic carbocycles. The Bertz CT molecular complexity index is 433. The summed E-state index contributed by atoms with van der Waals surface area (Å²) in [7, 11) is 0. The van der Waals surface area contributed by atoms with E-state index < -0.39 is 0 Å². The molecule has 0 spiro atoms. The van der Waals surface area contributed by atoms with Crippen LogP contribution in [0.15, 0.2) is 17.5 Å². The fraction of sp³-hybridized carbons (Fsp3) is 0.111. The molecule has 62 valence electrons. The highest BCUT2D eigenvalue weighted by Crippen LogP contribution is 2.34. The third-order valence-electron chi connectivity index (χ3n) is 1.83. The lowest BCUT2D eigenvalue weighted by Gasteiger charge is -1.99. The number of hydrogen-bond donors (Lipinski definition) is 0. The first kappa shape index (κ1) is 8.78. The lowest BCUT2D eigenvalue weighted by Crippen LogP contribution is -1.79. The van der Waals surface area contributed by atoms with Gasteiger partial charge in [-0.25, -0.2) is 0 Å². The third kappa shape index (κ3) is 1.26. The highest BCUT2D eigenvalue weighted by molar-refractivity contribution is 14.1. The molecule has 0 saturated carbocycles. The molecule has 0 amide bonds. The van der Waals surface area contributed by atoms with Crippen LogP contribution < -0.4 is 0 Å². The average Bonchev–Trinajstić information content (AvgIpc) is 2.41. The summed E-state index contributed by atoms with van der Waals surface area (Å²) in [6, 6.07) is 4.26. The van der Waals surface area contributed by atoms with Crippen LogP contribution >= 0.6 is 45.5 Å². The first-order valence-electron chi connectivity index (χ1n) is 3.52. The lowest BCUT2D eigenvalue weighted by molar-refractivity contribution is 1.47. The standard InChI is InChI=1S/C9H6ClIS/c1-5-2-3-7-8(9(5)11)6(10)4-12-7/h2-4H,1H3. The molecule has 2 rings (SSSR count). The van der Waals surface area contributed by atoms with E-state index in [1.54, 1.807) is 11.3 Å². The Kier molecular flexibility index (Phi) is 2.31. The van der Waals surface area contributed by atoms with Crippen LogP contribution in [0.25, 0.3) is 10.1 Å². The number of fused-ring (bicyclic) bond motifs is 1. The van der Waals surface area contributed by atoms with Crippen LogP contribution in [0.1, 0.15) is 5.56 Å². The van der Waals surface area contributed by atoms with Gasteiger partial charge in [0.05, 0.1) is 5.02 Å². The zero-order chi connectivity index (χ0) is 8.72. The van der Waals surface area contributed by atoms with Gasteiger partial charge in [-0.05, 0) is 41.1 Å². The maximum absolute atomic E-state index is 6.06. The summed E-state index contributed by atoms with van der Waals surface area (Å²) in [5, 5.41) is 4.08. The van der Waals surface area contributed by atoms with E-state index in [1.807, 2.05) is 5.38 Å². The molecule has 0 aliphatic rings. The van der Waals surface area contributed by atoms with E-state index >= 15 is 0 Å². The second-order valence-corrected chi connectivity index (χ2v) is 5.05. The van der Waals surface area contributed by atoms with Gasteiger partial charge in [0.25, 0.3) is 0 Å². The van der Waals surface area contributed by atoms with Crippen LogP contribution in [0.5, 0.6) is 0 Å². The number of thiophene rings is 1. The van der Waals surface area contributed by atoms with Crippen molar-refractivity contribution in [1.82, 2.24) is 0 Å². The molecule has 12 heavy (non-hydrogen) atoms. The minimum atomic E-state index is 0.878. The maximum atomic E-state index is 6.06. The largest absolute Gasteiger partial charge is 0.142 e. The van der Waals surface area contributed by atoms with Crippen molar-refractivity contribution in [1.29, 1.82) is 0 Å². The Balaban J connectivity index is 2.96. The number of halogens is 2. The van der Waals surface area contributed by atoms with Gasteiger partial charge in [-0.3, -0.25) is 0 Å². The molecule has 0 radical (unpaired) electrons. The molecule has 0 saturated heterocycles. The third-order valence-corrected chi connectivity index (χ3v) is 4.59. The molecule has 0 nitrogen and oxygen atoms in total. The van der Waals surface area contributed by atoms with Crippen molar-refractivity contribution in [2.75, 3.05) is 0 Å². The Morgan fingerprint density at radius 3 is 2.92 bits per heavy atom. The maximum Gasteiger partial charge on any atom is 0.0602 e. The second kappa shape index (κ2) is 3.16. The van der Waals surface area contributed by atoms with Crippen molar-refractivity contribution in [2.24, 2.45) is 0 Å². The summed E-state index contributed by atoms with van der Waals surface area (Å²) in [5.74, 6) is 0. The van der Waals surface area contributed by atoms with E-state index in [2.05, 4.69) is 41.6 Å². The fourth-order valence-electron chi connectivity index (χ4n) is 1.16. The van der Waals surface area contributed by atoms with E-state index in [9.17, 15) is 0 Å². The molecule has 0 bridgehead atoms. The Morgan fingerprint density at radius 1 is 1.42 bits per heavy atom. The van der Waals surface area contributed by atoms with Gasteiger partial charge in [0.2, 0.25) is 0 Å². The molecule has 0 aliphatic carbocycles. The van der Waals surface area contributed by atoms with E-state index in [1.165, 1.54) is 19.2 Å². The molecule has 0 fully saturated rings. The normalized spacial score (nSPS) is 10.9. The number of aryl methyl sites for hydroxylation is 1. The van der Waals surface area contributed by atoms with Crippen molar-refractivity contribution < 1.29 is 0 Å². The monoisotopic (exact) mass is 308 g/mol. The molecule has 1 aromatic heterocycles. The van der Waals surface area contributed by atoms with Gasteiger partial charge in [0, 0.05) is 19.0 Å². The number of hydrogen-bond acceptors (Lipinski definition) is 1. The van der Waals surface area contributed by atoms with Crippen molar-refractivity contribution >= 4 is 55.6 Å². The average molecular weight is 309 g/mol. The molecule has 3 heteroatoms. The fourth-order valence-corrected chi connectivity index (χ4v) is 3.47. The van der Waals surface area contributed by atoms with Crippen LogP contribution in [0.4, 0.5) is 0 Å². The van der Waals surface area contributed by atoms with E-state index in [0.29, 0.717) is 0 Å². The molecule has 1 heterocycles. The Morgan fingerprint density at radius 2 is 2.17 bits per heavy atom. The summed E-state index contributed by atoms with van der Waals surface area (Å²) >= 11 is 10.1. The molecule has 0 N–H and O–H groups in total. The van der Waals surface area contributed by atoms with Crippen LogP contribution in [0, 0.1) is 10.5 Å². The highest BCUT2D eigenvalue weighted by atomic mass is 127. The topological polar surface area (TPSA) is 0 Å². The predicted octanol–water partition coefficient (Wildman–Crippen LogP) is 4.47. The number of benzene rings is 1. The van der Waals surface area contributed by atoms with Gasteiger partial charge < -0.3 is 0 Å². The molecule has 0 aliphatic heterocycles. The van der Waals surface area contributed by atoms with E-state index in [4.69, 9.17) is 11.6 Å². The summed E-state index contributed by atoms with van der Waals surface area (Å²) in [6.07, 6.45) is 0. The molecular formula is C9H6ClIS. The quantitative estimate of drug-likeness (QED) is 0.630. The molecule has 2 aromatic rings. The van der Waals surface area contributed by atoms with Gasteiger partial charge in [0.15, 0.2) is 0 Å². The summed E-state index contributed by atoms with van der Waals surface area (Å²) < 4.78 is 2.55. The zero-order valence-electron chi connectivity index (χ0n) is 6.40. The van der Waals surface area contributed by atoms with Gasteiger partial charge in [-0.2, -0.15) is 0 Å². The van der Waals surface area contributed by atoms with Crippen LogP contribution in [-0.4, -0.2) is 0 Å². The SMILES string of the molecule is Cc1ccc2scc(Cl)c2c1I. The Labute approximate surface area is 93.7 Å². The predicted molar refractivity (Wildman–Crippen MR) is 64.3 cm³/mol. The van der Waals surface area contributed by atoms with Crippen molar-refractivity contribution in [3.8, 4) is 0 Å². The smallest absolute Gasteiger partial charge is 0.0602 e. The van der Waals surface area contributed by atoms with Crippen LogP contribution in [0.3, 0.4) is 0 Å². The van der Waals surface area contributed by atoms with Gasteiger partial charge in [0.1, 0.15) is 0 Å². The van der Waals surface area contributed by atoms with E-state index in [-0.39, 0.29) is 0 Å². The second-order valence-electron chi connectivity index (χ2n) is 2.65. The minimum absolute atomic E-state index is 0.878. The lowest BCUT2D eigenvalue weighted by atomic mass is 10.2. The number of rotatable bonds is 0. The van der Waals surface area contributed by atoms with Crippen molar-refractivity contribution in [3.05, 3.63) is 31.7 Å². The zero-order valence-corrected chi connectivity index (χ0v) is 10.1. The first-order valence-corrected chi connectivity index (χ1v) is 5.85. The summed E-state index contributed by atoms with van der Waals surface area (Å²) in [4.78, 5) is 0. The van der Waals surface area contributed by atoms with E-state index in [0.717, 1.165) is 5.02 Å². The summed E-state index contributed by atoms with van der Waals surface area (Å²) in [5.41, 5.74) is 1.29.